The van der Waals surface area contributed by atoms with Crippen molar-refractivity contribution in [2.45, 2.75) is 70.9 Å². The molecule has 5 aliphatic rings. The van der Waals surface area contributed by atoms with Gasteiger partial charge in [0.05, 0.1) is 6.10 Å². The van der Waals surface area contributed by atoms with E-state index in [1.54, 1.807) is 5.57 Å². The first-order chi connectivity index (χ1) is 12.7. The molecule has 1 saturated heterocycles. The highest BCUT2D eigenvalue weighted by atomic mass is 16.3. The van der Waals surface area contributed by atoms with E-state index in [9.17, 15) is 5.11 Å². The van der Waals surface area contributed by atoms with Crippen LogP contribution in [0.2, 0.25) is 0 Å². The highest BCUT2D eigenvalue weighted by molar-refractivity contribution is 5.30. The molecule has 0 aromatic carbocycles. The summed E-state index contributed by atoms with van der Waals surface area (Å²) in [7, 11) is 6.75. The number of likely N-dealkylation sites (tertiary alicyclic amines) is 1. The Hall–Kier alpha value is -0.380. The SMILES string of the molecule is CN1C[C@H]2CC[C@H]3[C@]4(C)CC=C5C[C@@H](N(C)C)CC[C@]5(C)[C@H]4C[C@@H](O)[C@]23C1. The van der Waals surface area contributed by atoms with Gasteiger partial charge in [0.25, 0.3) is 0 Å². The maximum atomic E-state index is 11.6. The fourth-order valence-corrected chi connectivity index (χ4v) is 9.09. The van der Waals surface area contributed by atoms with Crippen molar-refractivity contribution in [3.05, 3.63) is 11.6 Å². The van der Waals surface area contributed by atoms with Gasteiger partial charge in [-0.15, -0.1) is 0 Å². The van der Waals surface area contributed by atoms with Crippen molar-refractivity contribution in [3.8, 4) is 0 Å². The van der Waals surface area contributed by atoms with E-state index in [0.717, 1.165) is 18.9 Å². The first-order valence-corrected chi connectivity index (χ1v) is 11.4. The van der Waals surface area contributed by atoms with Crippen LogP contribution in [0.4, 0.5) is 0 Å². The van der Waals surface area contributed by atoms with Gasteiger partial charge in [-0.25, -0.2) is 0 Å². The summed E-state index contributed by atoms with van der Waals surface area (Å²) in [5, 5.41) is 11.6. The summed E-state index contributed by atoms with van der Waals surface area (Å²) in [6.45, 7) is 7.51. The third-order valence-corrected chi connectivity index (χ3v) is 10.4. The third kappa shape index (κ3) is 2.25. The Bertz CT molecular complexity index is 659. The molecule has 27 heavy (non-hydrogen) atoms. The molecule has 1 N–H and O–H groups in total. The second kappa shape index (κ2) is 5.83. The highest BCUT2D eigenvalue weighted by Gasteiger charge is 2.69. The van der Waals surface area contributed by atoms with Crippen molar-refractivity contribution in [2.24, 2.45) is 34.0 Å². The lowest BCUT2D eigenvalue weighted by Crippen LogP contribution is -2.62. The van der Waals surface area contributed by atoms with E-state index >= 15 is 0 Å². The maximum Gasteiger partial charge on any atom is 0.0617 e. The van der Waals surface area contributed by atoms with Crippen molar-refractivity contribution in [2.75, 3.05) is 34.2 Å². The largest absolute Gasteiger partial charge is 0.392 e. The summed E-state index contributed by atoms with van der Waals surface area (Å²) in [6, 6.07) is 0.702. The Labute approximate surface area is 166 Å². The van der Waals surface area contributed by atoms with Gasteiger partial charge in [-0.2, -0.15) is 0 Å². The van der Waals surface area contributed by atoms with Gasteiger partial charge in [-0.1, -0.05) is 25.5 Å². The topological polar surface area (TPSA) is 26.7 Å². The number of allylic oxidation sites excluding steroid dienone is 1. The van der Waals surface area contributed by atoms with Gasteiger partial charge in [0.1, 0.15) is 0 Å². The van der Waals surface area contributed by atoms with Gasteiger partial charge in [-0.05, 0) is 94.7 Å². The third-order valence-electron chi connectivity index (χ3n) is 10.4. The molecule has 8 atom stereocenters. The lowest BCUT2D eigenvalue weighted by molar-refractivity contribution is -0.166. The fraction of sp³-hybridized carbons (Fsp3) is 0.917. The van der Waals surface area contributed by atoms with E-state index < -0.39 is 0 Å². The highest BCUT2D eigenvalue weighted by Crippen LogP contribution is 2.72. The van der Waals surface area contributed by atoms with Crippen LogP contribution >= 0.6 is 0 Å². The van der Waals surface area contributed by atoms with Gasteiger partial charge < -0.3 is 14.9 Å². The number of aliphatic hydroxyl groups is 1. The van der Waals surface area contributed by atoms with E-state index in [0.29, 0.717) is 28.7 Å². The molecular weight excluding hydrogens is 332 g/mol. The van der Waals surface area contributed by atoms with Crippen molar-refractivity contribution in [1.29, 1.82) is 0 Å². The molecule has 1 heterocycles. The number of hydrogen-bond acceptors (Lipinski definition) is 3. The molecule has 0 radical (unpaired) electrons. The summed E-state index contributed by atoms with van der Waals surface area (Å²) < 4.78 is 0. The molecule has 0 amide bonds. The molecular formula is C24H40N2O. The molecule has 0 unspecified atom stereocenters. The fourth-order valence-electron chi connectivity index (χ4n) is 9.09. The van der Waals surface area contributed by atoms with E-state index in [4.69, 9.17) is 0 Å². The second-order valence-corrected chi connectivity index (χ2v) is 11.7. The molecule has 4 aliphatic carbocycles. The zero-order valence-electron chi connectivity index (χ0n) is 18.2. The van der Waals surface area contributed by atoms with Crippen LogP contribution in [0.15, 0.2) is 11.6 Å². The molecule has 5 rings (SSSR count). The monoisotopic (exact) mass is 372 g/mol. The molecule has 3 nitrogen and oxygen atoms in total. The Balaban J connectivity index is 1.54. The molecule has 3 heteroatoms. The number of nitrogens with zero attached hydrogens (tertiary/aromatic N) is 2. The first kappa shape index (κ1) is 18.6. The molecule has 0 bridgehead atoms. The minimum Gasteiger partial charge on any atom is -0.392 e. The molecule has 152 valence electrons. The quantitative estimate of drug-likeness (QED) is 0.710. The van der Waals surface area contributed by atoms with Gasteiger partial charge in [-0.3, -0.25) is 0 Å². The normalized spacial score (nSPS) is 54.9. The van der Waals surface area contributed by atoms with Gasteiger partial charge in [0, 0.05) is 24.5 Å². The Morgan fingerprint density at radius 1 is 1.15 bits per heavy atom. The van der Waals surface area contributed by atoms with Gasteiger partial charge >= 0.3 is 0 Å². The Morgan fingerprint density at radius 2 is 1.93 bits per heavy atom. The average Bonchev–Trinajstić information content (AvgIpc) is 3.12. The molecule has 4 fully saturated rings. The van der Waals surface area contributed by atoms with Crippen LogP contribution in [0, 0.1) is 34.0 Å². The van der Waals surface area contributed by atoms with E-state index in [-0.39, 0.29) is 11.5 Å². The van der Waals surface area contributed by atoms with Gasteiger partial charge in [0.15, 0.2) is 0 Å². The summed E-state index contributed by atoms with van der Waals surface area (Å²) >= 11 is 0. The standard InChI is InChI=1S/C24H40N2O/c1-22-11-9-18(25(3)4)12-16(22)8-10-23(2)19-7-6-17-14-26(5)15-24(17,19)21(27)13-20(22)23/h8,17-21,27H,6-7,9-15H2,1-5H3/t17-,18+,19+,20-,21-,22+,23+,24-/m1/s1. The van der Waals surface area contributed by atoms with Crippen molar-refractivity contribution in [3.63, 3.8) is 0 Å². The summed E-state index contributed by atoms with van der Waals surface area (Å²) in [4.78, 5) is 4.94. The van der Waals surface area contributed by atoms with Crippen molar-refractivity contribution < 1.29 is 5.11 Å². The summed E-state index contributed by atoms with van der Waals surface area (Å²) in [6.07, 6.45) is 11.4. The van der Waals surface area contributed by atoms with Crippen LogP contribution in [-0.4, -0.2) is 61.3 Å². The van der Waals surface area contributed by atoms with Crippen LogP contribution in [0.5, 0.6) is 0 Å². The van der Waals surface area contributed by atoms with Crippen LogP contribution in [0.3, 0.4) is 0 Å². The first-order valence-electron chi connectivity index (χ1n) is 11.4. The summed E-state index contributed by atoms with van der Waals surface area (Å²) in [5.41, 5.74) is 2.59. The lowest BCUT2D eigenvalue weighted by Gasteiger charge is -2.64. The number of fused-ring (bicyclic) bond motifs is 4. The van der Waals surface area contributed by atoms with Crippen molar-refractivity contribution >= 4 is 0 Å². The smallest absolute Gasteiger partial charge is 0.0617 e. The van der Waals surface area contributed by atoms with Crippen LogP contribution < -0.4 is 0 Å². The maximum absolute atomic E-state index is 11.6. The predicted octanol–water partition coefficient (Wildman–Crippen LogP) is 3.78. The minimum absolute atomic E-state index is 0.0965. The molecule has 1 spiro atoms. The predicted molar refractivity (Wildman–Crippen MR) is 110 cm³/mol. The Kier molecular flexibility index (Phi) is 4.02. The van der Waals surface area contributed by atoms with Gasteiger partial charge in [0.2, 0.25) is 0 Å². The number of aliphatic hydroxyl groups excluding tert-OH is 1. The zero-order chi connectivity index (χ0) is 19.2. The Morgan fingerprint density at radius 3 is 2.67 bits per heavy atom. The van der Waals surface area contributed by atoms with Crippen molar-refractivity contribution in [1.82, 2.24) is 9.80 Å². The molecule has 3 saturated carbocycles. The van der Waals surface area contributed by atoms with E-state index in [2.05, 4.69) is 50.9 Å². The second-order valence-electron chi connectivity index (χ2n) is 11.7. The van der Waals surface area contributed by atoms with E-state index in [1.165, 1.54) is 45.1 Å². The zero-order valence-corrected chi connectivity index (χ0v) is 18.2. The molecule has 0 aromatic rings. The lowest BCUT2D eigenvalue weighted by atomic mass is 9.41. The molecule has 0 aromatic heterocycles. The van der Waals surface area contributed by atoms with E-state index in [1.807, 2.05) is 0 Å². The summed E-state index contributed by atoms with van der Waals surface area (Å²) in [5.74, 6) is 2.08. The molecule has 1 aliphatic heterocycles. The van der Waals surface area contributed by atoms with Crippen LogP contribution in [0.1, 0.15) is 58.8 Å². The number of rotatable bonds is 1. The van der Waals surface area contributed by atoms with Crippen LogP contribution in [-0.2, 0) is 0 Å². The van der Waals surface area contributed by atoms with Crippen LogP contribution in [0.25, 0.3) is 0 Å². The average molecular weight is 373 g/mol. The number of hydrogen-bond donors (Lipinski definition) is 1. The minimum atomic E-state index is -0.0965.